The highest BCUT2D eigenvalue weighted by Crippen LogP contribution is 2.21. The molecule has 0 aliphatic carbocycles. The monoisotopic (exact) mass is 294 g/mol. The molecular formula is C17H27FN2O. The normalized spacial score (nSPS) is 20.8. The number of hydrogen-bond acceptors (Lipinski definition) is 3. The standard InChI is InChI=1S/C17H27FN2O/c1-3-19-17(15-4-6-16(18)7-5-15)9-11-20-10-8-14(12-20)13-21-2/h4-7,14,17,19H,3,8-13H2,1-2H3. The Labute approximate surface area is 127 Å². The van der Waals surface area contributed by atoms with E-state index in [1.165, 1.54) is 12.0 Å². The summed E-state index contributed by atoms with van der Waals surface area (Å²) in [7, 11) is 1.78. The lowest BCUT2D eigenvalue weighted by atomic mass is 10.0. The first kappa shape index (κ1) is 16.4. The number of halogens is 1. The number of hydrogen-bond donors (Lipinski definition) is 1. The van der Waals surface area contributed by atoms with Gasteiger partial charge in [0.05, 0.1) is 6.61 Å². The van der Waals surface area contributed by atoms with Crippen LogP contribution in [0, 0.1) is 11.7 Å². The summed E-state index contributed by atoms with van der Waals surface area (Å²) in [5.41, 5.74) is 1.17. The number of nitrogens with one attached hydrogen (secondary N) is 1. The van der Waals surface area contributed by atoms with Gasteiger partial charge in [0.25, 0.3) is 0 Å². The SMILES string of the molecule is CCNC(CCN1CCC(COC)C1)c1ccc(F)cc1. The molecule has 2 atom stereocenters. The molecule has 0 aromatic heterocycles. The van der Waals surface area contributed by atoms with Gasteiger partial charge in [-0.15, -0.1) is 0 Å². The number of nitrogens with zero attached hydrogens (tertiary/aromatic N) is 1. The molecule has 1 heterocycles. The Morgan fingerprint density at radius 2 is 2.14 bits per heavy atom. The molecule has 2 rings (SSSR count). The average molecular weight is 294 g/mol. The number of rotatable bonds is 8. The lowest BCUT2D eigenvalue weighted by Crippen LogP contribution is -2.28. The second-order valence-corrected chi connectivity index (χ2v) is 5.86. The summed E-state index contributed by atoms with van der Waals surface area (Å²) in [4.78, 5) is 2.51. The molecule has 2 unspecified atom stereocenters. The average Bonchev–Trinajstić information content (AvgIpc) is 2.93. The van der Waals surface area contributed by atoms with Gasteiger partial charge in [-0.25, -0.2) is 4.39 Å². The largest absolute Gasteiger partial charge is 0.384 e. The van der Waals surface area contributed by atoms with Crippen molar-refractivity contribution < 1.29 is 9.13 Å². The Kier molecular flexibility index (Phi) is 6.61. The summed E-state index contributed by atoms with van der Waals surface area (Å²) in [6, 6.07) is 7.17. The molecule has 1 N–H and O–H groups in total. The van der Waals surface area contributed by atoms with Crippen LogP contribution >= 0.6 is 0 Å². The minimum atomic E-state index is -0.170. The van der Waals surface area contributed by atoms with Crippen LogP contribution in [0.4, 0.5) is 4.39 Å². The van der Waals surface area contributed by atoms with Gasteiger partial charge in [-0.1, -0.05) is 19.1 Å². The number of benzene rings is 1. The lowest BCUT2D eigenvalue weighted by Gasteiger charge is -2.22. The van der Waals surface area contributed by atoms with E-state index in [0.29, 0.717) is 12.0 Å². The van der Waals surface area contributed by atoms with E-state index in [9.17, 15) is 4.39 Å². The van der Waals surface area contributed by atoms with E-state index < -0.39 is 0 Å². The molecule has 1 aliphatic heterocycles. The first-order valence-electron chi connectivity index (χ1n) is 7.93. The van der Waals surface area contributed by atoms with Crippen LogP contribution in [0.1, 0.15) is 31.4 Å². The zero-order valence-electron chi connectivity index (χ0n) is 13.1. The van der Waals surface area contributed by atoms with E-state index in [-0.39, 0.29) is 5.82 Å². The highest BCUT2D eigenvalue weighted by molar-refractivity contribution is 5.20. The van der Waals surface area contributed by atoms with Crippen molar-refractivity contribution >= 4 is 0 Å². The van der Waals surface area contributed by atoms with Crippen molar-refractivity contribution in [3.05, 3.63) is 35.6 Å². The maximum absolute atomic E-state index is 13.0. The summed E-state index contributed by atoms with van der Waals surface area (Å²) >= 11 is 0. The van der Waals surface area contributed by atoms with Gasteiger partial charge in [0.1, 0.15) is 5.82 Å². The number of likely N-dealkylation sites (tertiary alicyclic amines) is 1. The van der Waals surface area contributed by atoms with Crippen molar-refractivity contribution in [3.63, 3.8) is 0 Å². The van der Waals surface area contributed by atoms with Crippen LogP contribution in [-0.4, -0.2) is 44.8 Å². The topological polar surface area (TPSA) is 24.5 Å². The number of methoxy groups -OCH3 is 1. The molecule has 1 saturated heterocycles. The fourth-order valence-corrected chi connectivity index (χ4v) is 3.13. The molecule has 118 valence electrons. The first-order valence-corrected chi connectivity index (χ1v) is 7.93. The second-order valence-electron chi connectivity index (χ2n) is 5.86. The van der Waals surface area contributed by atoms with E-state index in [1.54, 1.807) is 19.2 Å². The van der Waals surface area contributed by atoms with Crippen LogP contribution in [0.2, 0.25) is 0 Å². The maximum atomic E-state index is 13.0. The molecule has 3 nitrogen and oxygen atoms in total. The van der Waals surface area contributed by atoms with Gasteiger partial charge in [0, 0.05) is 19.7 Å². The Balaban J connectivity index is 1.84. The van der Waals surface area contributed by atoms with Crippen molar-refractivity contribution in [2.45, 2.75) is 25.8 Å². The van der Waals surface area contributed by atoms with Crippen molar-refractivity contribution in [1.82, 2.24) is 10.2 Å². The predicted molar refractivity (Wildman–Crippen MR) is 83.9 cm³/mol. The summed E-state index contributed by atoms with van der Waals surface area (Å²) in [6.07, 6.45) is 2.29. The van der Waals surface area contributed by atoms with Gasteiger partial charge in [-0.05, 0) is 56.1 Å². The highest BCUT2D eigenvalue weighted by Gasteiger charge is 2.23. The third-order valence-corrected chi connectivity index (χ3v) is 4.23. The molecule has 1 aromatic carbocycles. The van der Waals surface area contributed by atoms with Gasteiger partial charge in [0.2, 0.25) is 0 Å². The molecule has 0 bridgehead atoms. The molecule has 1 aromatic rings. The van der Waals surface area contributed by atoms with Gasteiger partial charge in [-0.2, -0.15) is 0 Å². The molecule has 21 heavy (non-hydrogen) atoms. The van der Waals surface area contributed by atoms with E-state index in [0.717, 1.165) is 39.2 Å². The Morgan fingerprint density at radius 1 is 1.38 bits per heavy atom. The predicted octanol–water partition coefficient (Wildman–Crippen LogP) is 2.83. The summed E-state index contributed by atoms with van der Waals surface area (Å²) in [5, 5.41) is 3.50. The van der Waals surface area contributed by atoms with Crippen molar-refractivity contribution in [2.75, 3.05) is 39.9 Å². The van der Waals surface area contributed by atoms with E-state index in [2.05, 4.69) is 17.1 Å². The zero-order valence-corrected chi connectivity index (χ0v) is 13.1. The van der Waals surface area contributed by atoms with Crippen molar-refractivity contribution in [1.29, 1.82) is 0 Å². The van der Waals surface area contributed by atoms with Gasteiger partial charge < -0.3 is 15.0 Å². The summed E-state index contributed by atoms with van der Waals surface area (Å²) in [6.45, 7) is 7.28. The summed E-state index contributed by atoms with van der Waals surface area (Å²) in [5.74, 6) is 0.509. The van der Waals surface area contributed by atoms with Crippen molar-refractivity contribution in [3.8, 4) is 0 Å². The third kappa shape index (κ3) is 5.06. The van der Waals surface area contributed by atoms with E-state index in [4.69, 9.17) is 4.74 Å². The third-order valence-electron chi connectivity index (χ3n) is 4.23. The quantitative estimate of drug-likeness (QED) is 0.798. The number of ether oxygens (including phenoxy) is 1. The molecule has 0 saturated carbocycles. The van der Waals surface area contributed by atoms with Gasteiger partial charge in [0.15, 0.2) is 0 Å². The lowest BCUT2D eigenvalue weighted by molar-refractivity contribution is 0.152. The second kappa shape index (κ2) is 8.47. The van der Waals surface area contributed by atoms with Crippen LogP contribution in [0.25, 0.3) is 0 Å². The van der Waals surface area contributed by atoms with Crippen molar-refractivity contribution in [2.24, 2.45) is 5.92 Å². The van der Waals surface area contributed by atoms with E-state index in [1.807, 2.05) is 12.1 Å². The van der Waals surface area contributed by atoms with Gasteiger partial charge in [-0.3, -0.25) is 0 Å². The minimum absolute atomic E-state index is 0.170. The molecule has 0 amide bonds. The first-order chi connectivity index (χ1) is 10.2. The van der Waals surface area contributed by atoms with Crippen LogP contribution < -0.4 is 5.32 Å². The fraction of sp³-hybridized carbons (Fsp3) is 0.647. The highest BCUT2D eigenvalue weighted by atomic mass is 19.1. The Morgan fingerprint density at radius 3 is 2.81 bits per heavy atom. The fourth-order valence-electron chi connectivity index (χ4n) is 3.13. The Hall–Kier alpha value is -0.970. The maximum Gasteiger partial charge on any atom is 0.123 e. The molecule has 0 spiro atoms. The molecule has 1 aliphatic rings. The summed E-state index contributed by atoms with van der Waals surface area (Å²) < 4.78 is 18.3. The minimum Gasteiger partial charge on any atom is -0.384 e. The molecule has 4 heteroatoms. The zero-order chi connectivity index (χ0) is 15.1. The van der Waals surface area contributed by atoms with Crippen LogP contribution in [-0.2, 0) is 4.74 Å². The molecule has 0 radical (unpaired) electrons. The van der Waals surface area contributed by atoms with Gasteiger partial charge >= 0.3 is 0 Å². The van der Waals surface area contributed by atoms with Crippen LogP contribution in [0.15, 0.2) is 24.3 Å². The smallest absolute Gasteiger partial charge is 0.123 e. The van der Waals surface area contributed by atoms with Crippen LogP contribution in [0.5, 0.6) is 0 Å². The Bertz CT molecular complexity index is 410. The molecular weight excluding hydrogens is 267 g/mol. The van der Waals surface area contributed by atoms with Crippen LogP contribution in [0.3, 0.4) is 0 Å². The molecule has 1 fully saturated rings. The van der Waals surface area contributed by atoms with E-state index >= 15 is 0 Å².